The molecule has 4 aromatic rings. The number of carboxylic acid groups (broad SMARTS) is 1. The molecule has 0 spiro atoms. The van der Waals surface area contributed by atoms with Crippen LogP contribution in [0.4, 0.5) is 9.18 Å². The van der Waals surface area contributed by atoms with Gasteiger partial charge in [0, 0.05) is 18.3 Å². The minimum absolute atomic E-state index is 0.0968. The van der Waals surface area contributed by atoms with Gasteiger partial charge in [-0.15, -0.1) is 0 Å². The zero-order valence-corrected chi connectivity index (χ0v) is 15.7. The monoisotopic (exact) mass is 411 g/mol. The van der Waals surface area contributed by atoms with E-state index in [1.165, 1.54) is 18.5 Å². The van der Waals surface area contributed by atoms with Gasteiger partial charge < -0.3 is 15.4 Å². The Morgan fingerprint density at radius 1 is 1.20 bits per heavy atom. The number of aromatic amines is 1. The van der Waals surface area contributed by atoms with Gasteiger partial charge in [-0.25, -0.2) is 28.9 Å². The van der Waals surface area contributed by atoms with Crippen LogP contribution in [0.5, 0.6) is 0 Å². The number of carbonyl (C=O) groups is 1. The van der Waals surface area contributed by atoms with Gasteiger partial charge in [-0.3, -0.25) is 8.97 Å². The van der Waals surface area contributed by atoms with Gasteiger partial charge >= 0.3 is 11.8 Å². The number of rotatable bonds is 3. The highest BCUT2D eigenvalue weighted by Crippen LogP contribution is 2.30. The molecule has 30 heavy (non-hydrogen) atoms. The number of aromatic nitrogens is 6. The minimum Gasteiger partial charge on any atom is -0.465 e. The van der Waals surface area contributed by atoms with Crippen LogP contribution < -0.4 is 11.0 Å². The lowest BCUT2D eigenvalue weighted by atomic mass is 9.91. The van der Waals surface area contributed by atoms with Gasteiger partial charge in [0.2, 0.25) is 0 Å². The van der Waals surface area contributed by atoms with Gasteiger partial charge in [-0.2, -0.15) is 0 Å². The molecule has 1 amide bonds. The molecule has 3 N–H and O–H groups in total. The van der Waals surface area contributed by atoms with Gasteiger partial charge in [-0.1, -0.05) is 0 Å². The second-order valence-corrected chi connectivity index (χ2v) is 7.40. The maximum atomic E-state index is 13.7. The van der Waals surface area contributed by atoms with Crippen LogP contribution in [0, 0.1) is 5.82 Å². The molecule has 4 heterocycles. The SMILES string of the molecule is O=C(O)NC1CCC(n2c(=O)[nH]c3cnc(-c4cnc5ccc(F)cn45)nc32)CC1. The normalized spacial score (nSPS) is 19.4. The summed E-state index contributed by atoms with van der Waals surface area (Å²) >= 11 is 0. The van der Waals surface area contributed by atoms with E-state index in [1.807, 2.05) is 0 Å². The molecule has 0 aliphatic heterocycles. The zero-order valence-electron chi connectivity index (χ0n) is 15.7. The first-order chi connectivity index (χ1) is 14.5. The average molecular weight is 411 g/mol. The predicted octanol–water partition coefficient (Wildman–Crippen LogP) is 2.32. The first-order valence-corrected chi connectivity index (χ1v) is 9.59. The fourth-order valence-electron chi connectivity index (χ4n) is 4.15. The number of hydrogen-bond acceptors (Lipinski definition) is 5. The third-order valence-corrected chi connectivity index (χ3v) is 5.55. The van der Waals surface area contributed by atoms with Crippen molar-refractivity contribution in [3.05, 3.63) is 47.0 Å². The van der Waals surface area contributed by atoms with Gasteiger partial charge in [0.25, 0.3) is 0 Å². The molecule has 0 bridgehead atoms. The molecular weight excluding hydrogens is 393 g/mol. The first-order valence-electron chi connectivity index (χ1n) is 9.59. The van der Waals surface area contributed by atoms with E-state index >= 15 is 0 Å². The Kier molecular flexibility index (Phi) is 4.23. The molecule has 1 saturated carbocycles. The van der Waals surface area contributed by atoms with Gasteiger partial charge in [0.15, 0.2) is 11.5 Å². The smallest absolute Gasteiger partial charge is 0.404 e. The number of imidazole rings is 2. The maximum Gasteiger partial charge on any atom is 0.404 e. The third kappa shape index (κ3) is 3.08. The van der Waals surface area contributed by atoms with Crippen molar-refractivity contribution in [2.75, 3.05) is 0 Å². The summed E-state index contributed by atoms with van der Waals surface area (Å²) < 4.78 is 16.9. The highest BCUT2D eigenvalue weighted by atomic mass is 19.1. The van der Waals surface area contributed by atoms with Crippen molar-refractivity contribution in [3.63, 3.8) is 0 Å². The molecule has 1 aliphatic rings. The molecule has 1 fully saturated rings. The Morgan fingerprint density at radius 2 is 2.00 bits per heavy atom. The minimum atomic E-state index is -1.04. The van der Waals surface area contributed by atoms with Crippen LogP contribution in [0.3, 0.4) is 0 Å². The number of H-pyrrole nitrogens is 1. The number of fused-ring (bicyclic) bond motifs is 2. The van der Waals surface area contributed by atoms with Crippen molar-refractivity contribution < 1.29 is 14.3 Å². The van der Waals surface area contributed by atoms with Crippen molar-refractivity contribution in [2.45, 2.75) is 37.8 Å². The number of halogens is 1. The van der Waals surface area contributed by atoms with E-state index in [2.05, 4.69) is 25.3 Å². The molecule has 1 aliphatic carbocycles. The van der Waals surface area contributed by atoms with Gasteiger partial charge in [-0.05, 0) is 37.8 Å². The zero-order chi connectivity index (χ0) is 20.8. The van der Waals surface area contributed by atoms with E-state index in [1.54, 1.807) is 21.2 Å². The van der Waals surface area contributed by atoms with E-state index in [-0.39, 0.29) is 17.8 Å². The Hall–Kier alpha value is -3.76. The molecule has 0 aromatic carbocycles. The van der Waals surface area contributed by atoms with E-state index in [4.69, 9.17) is 5.11 Å². The molecule has 0 atom stereocenters. The van der Waals surface area contributed by atoms with Crippen LogP contribution >= 0.6 is 0 Å². The molecule has 0 radical (unpaired) electrons. The van der Waals surface area contributed by atoms with Crippen LogP contribution in [-0.2, 0) is 0 Å². The van der Waals surface area contributed by atoms with E-state index in [9.17, 15) is 14.0 Å². The van der Waals surface area contributed by atoms with Crippen molar-refractivity contribution in [3.8, 4) is 11.5 Å². The lowest BCUT2D eigenvalue weighted by molar-refractivity contribution is 0.182. The number of hydrogen-bond donors (Lipinski definition) is 3. The third-order valence-electron chi connectivity index (χ3n) is 5.55. The summed E-state index contributed by atoms with van der Waals surface area (Å²) in [6.07, 6.45) is 5.95. The molecule has 5 rings (SSSR count). The molecule has 0 unspecified atom stereocenters. The average Bonchev–Trinajstić information content (AvgIpc) is 3.27. The quantitative estimate of drug-likeness (QED) is 0.474. The summed E-state index contributed by atoms with van der Waals surface area (Å²) in [5.41, 5.74) is 1.77. The summed E-state index contributed by atoms with van der Waals surface area (Å²) in [5, 5.41) is 11.4. The molecule has 154 valence electrons. The fourth-order valence-corrected chi connectivity index (χ4v) is 4.15. The highest BCUT2D eigenvalue weighted by Gasteiger charge is 2.26. The van der Waals surface area contributed by atoms with Crippen LogP contribution in [0.25, 0.3) is 28.3 Å². The Balaban J connectivity index is 1.53. The fraction of sp³-hybridized carbons (Fsp3) is 0.316. The number of pyridine rings is 1. The molecule has 0 saturated heterocycles. The summed E-state index contributed by atoms with van der Waals surface area (Å²) in [5.74, 6) is -0.0808. The topological polar surface area (TPSA) is 130 Å². The predicted molar refractivity (Wildman–Crippen MR) is 105 cm³/mol. The molecule has 10 nitrogen and oxygen atoms in total. The first kappa shape index (κ1) is 18.3. The van der Waals surface area contributed by atoms with Crippen LogP contribution in [-0.4, -0.2) is 46.1 Å². The van der Waals surface area contributed by atoms with E-state index in [0.29, 0.717) is 54.0 Å². The van der Waals surface area contributed by atoms with Crippen molar-refractivity contribution in [1.82, 2.24) is 34.2 Å². The summed E-state index contributed by atoms with van der Waals surface area (Å²) in [4.78, 5) is 39.4. The number of amides is 1. The molecule has 11 heteroatoms. The van der Waals surface area contributed by atoms with E-state index < -0.39 is 11.9 Å². The Morgan fingerprint density at radius 3 is 2.77 bits per heavy atom. The second kappa shape index (κ2) is 6.94. The van der Waals surface area contributed by atoms with Crippen LogP contribution in [0.2, 0.25) is 0 Å². The molecule has 4 aromatic heterocycles. The van der Waals surface area contributed by atoms with Crippen molar-refractivity contribution >= 4 is 22.9 Å². The lowest BCUT2D eigenvalue weighted by Gasteiger charge is -2.28. The van der Waals surface area contributed by atoms with Crippen LogP contribution in [0.15, 0.2) is 35.5 Å². The summed E-state index contributed by atoms with van der Waals surface area (Å²) in [6.45, 7) is 0. The number of nitrogens with zero attached hydrogens (tertiary/aromatic N) is 5. The second-order valence-electron chi connectivity index (χ2n) is 7.40. The Bertz CT molecular complexity index is 1320. The molecular formula is C19H18FN7O3. The number of nitrogens with one attached hydrogen (secondary N) is 2. The summed E-state index contributed by atoms with van der Waals surface area (Å²) in [6, 6.07) is 2.68. The van der Waals surface area contributed by atoms with Crippen molar-refractivity contribution in [2.24, 2.45) is 0 Å². The van der Waals surface area contributed by atoms with E-state index in [0.717, 1.165) is 0 Å². The van der Waals surface area contributed by atoms with Gasteiger partial charge in [0.1, 0.15) is 22.7 Å². The highest BCUT2D eigenvalue weighted by molar-refractivity contribution is 5.72. The van der Waals surface area contributed by atoms with Gasteiger partial charge in [0.05, 0.1) is 12.4 Å². The standard InChI is InChI=1S/C19H18FN7O3/c20-10-1-6-15-21-8-14(26(15)9-10)16-22-7-13-17(25-16)27(18(28)24-13)12-4-2-11(3-5-12)23-19(29)30/h1,6-9,11-12,23H,2-5H2,(H,24,28)(H,29,30). The summed E-state index contributed by atoms with van der Waals surface area (Å²) in [7, 11) is 0. The lowest BCUT2D eigenvalue weighted by Crippen LogP contribution is -2.38. The maximum absolute atomic E-state index is 13.7. The Labute approximate surface area is 168 Å². The largest absolute Gasteiger partial charge is 0.465 e. The van der Waals surface area contributed by atoms with Crippen LogP contribution in [0.1, 0.15) is 31.7 Å². The van der Waals surface area contributed by atoms with Crippen molar-refractivity contribution in [1.29, 1.82) is 0 Å².